The fourth-order valence-corrected chi connectivity index (χ4v) is 3.24. The second-order valence-electron chi connectivity index (χ2n) is 5.94. The van der Waals surface area contributed by atoms with Gasteiger partial charge in [-0.2, -0.15) is 0 Å². The molecule has 0 aliphatic carbocycles. The fraction of sp³-hybridized carbons (Fsp3) is 0. The lowest BCUT2D eigenvalue weighted by Gasteiger charge is -2.10. The first kappa shape index (κ1) is 15.7. The van der Waals surface area contributed by atoms with Gasteiger partial charge in [0, 0.05) is 24.3 Å². The summed E-state index contributed by atoms with van der Waals surface area (Å²) in [5.41, 5.74) is 1.94. The Morgan fingerprint density at radius 1 is 0.577 bits per heavy atom. The van der Waals surface area contributed by atoms with E-state index < -0.39 is 9.85 Å². The molecule has 0 N–H and O–H groups in total. The van der Waals surface area contributed by atoms with Crippen molar-refractivity contribution in [1.82, 2.24) is 0 Å². The maximum atomic E-state index is 11.0. The molecule has 4 rings (SSSR count). The third kappa shape index (κ3) is 2.53. The zero-order chi connectivity index (χ0) is 18.3. The molecule has 0 aromatic heterocycles. The number of rotatable bonds is 3. The predicted octanol–water partition coefficient (Wildman–Crippen LogP) is 5.48. The highest BCUT2D eigenvalue weighted by Gasteiger charge is 2.13. The number of nitro benzene ring substituents is 2. The van der Waals surface area contributed by atoms with Crippen LogP contribution in [-0.2, 0) is 0 Å². The summed E-state index contributed by atoms with van der Waals surface area (Å²) in [5, 5.41) is 25.4. The lowest BCUT2D eigenvalue weighted by atomic mass is 9.93. The Morgan fingerprint density at radius 3 is 1.38 bits per heavy atom. The van der Waals surface area contributed by atoms with Gasteiger partial charge in [-0.15, -0.1) is 0 Å². The summed E-state index contributed by atoms with van der Waals surface area (Å²) in [6.07, 6.45) is 0. The summed E-state index contributed by atoms with van der Waals surface area (Å²) in [6, 6.07) is 20.8. The Morgan fingerprint density at radius 2 is 1.00 bits per heavy atom. The van der Waals surface area contributed by atoms with Crippen molar-refractivity contribution >= 4 is 32.9 Å². The molecule has 0 heterocycles. The molecule has 0 aliphatic rings. The molecule has 0 radical (unpaired) electrons. The summed E-state index contributed by atoms with van der Waals surface area (Å²) in [4.78, 5) is 21.2. The van der Waals surface area contributed by atoms with Crippen LogP contribution in [0, 0.1) is 20.2 Å². The van der Waals surface area contributed by atoms with Gasteiger partial charge in [-0.1, -0.05) is 36.4 Å². The van der Waals surface area contributed by atoms with Gasteiger partial charge in [0.05, 0.1) is 9.85 Å². The van der Waals surface area contributed by atoms with E-state index in [1.165, 1.54) is 12.1 Å². The van der Waals surface area contributed by atoms with E-state index >= 15 is 0 Å². The van der Waals surface area contributed by atoms with Crippen LogP contribution in [0.4, 0.5) is 11.4 Å². The lowest BCUT2D eigenvalue weighted by Crippen LogP contribution is -1.90. The average molecular weight is 344 g/mol. The number of nitrogens with zero attached hydrogens (tertiary/aromatic N) is 2. The molecule has 0 saturated carbocycles. The van der Waals surface area contributed by atoms with Crippen molar-refractivity contribution in [2.45, 2.75) is 0 Å². The molecule has 0 saturated heterocycles. The molecule has 0 fully saturated rings. The first-order chi connectivity index (χ1) is 12.5. The third-order valence-electron chi connectivity index (χ3n) is 4.44. The van der Waals surface area contributed by atoms with Gasteiger partial charge in [0.25, 0.3) is 11.4 Å². The number of hydrogen-bond donors (Lipinski definition) is 0. The normalized spacial score (nSPS) is 10.9. The molecule has 26 heavy (non-hydrogen) atoms. The molecule has 0 bridgehead atoms. The van der Waals surface area contributed by atoms with Gasteiger partial charge in [0.1, 0.15) is 0 Å². The van der Waals surface area contributed by atoms with Crippen molar-refractivity contribution in [3.63, 3.8) is 0 Å². The fourth-order valence-electron chi connectivity index (χ4n) is 3.24. The smallest absolute Gasteiger partial charge is 0.258 e. The molecule has 126 valence electrons. The predicted molar refractivity (Wildman–Crippen MR) is 100 cm³/mol. The zero-order valence-corrected chi connectivity index (χ0v) is 13.5. The van der Waals surface area contributed by atoms with E-state index in [0.29, 0.717) is 0 Å². The average Bonchev–Trinajstić information content (AvgIpc) is 2.66. The van der Waals surface area contributed by atoms with Crippen LogP contribution in [0.1, 0.15) is 0 Å². The topological polar surface area (TPSA) is 86.3 Å². The van der Waals surface area contributed by atoms with Gasteiger partial charge in [-0.3, -0.25) is 20.2 Å². The van der Waals surface area contributed by atoms with Crippen molar-refractivity contribution in [3.05, 3.63) is 93.0 Å². The molecule has 0 spiro atoms. The molecule has 0 amide bonds. The summed E-state index contributed by atoms with van der Waals surface area (Å²) in [7, 11) is 0. The van der Waals surface area contributed by atoms with Crippen LogP contribution in [0.15, 0.2) is 72.8 Å². The number of benzene rings is 4. The molecular formula is C20H12N2O4. The monoisotopic (exact) mass is 344 g/mol. The van der Waals surface area contributed by atoms with Crippen molar-refractivity contribution < 1.29 is 9.85 Å². The summed E-state index contributed by atoms with van der Waals surface area (Å²) in [5.74, 6) is 0. The van der Waals surface area contributed by atoms with Gasteiger partial charge < -0.3 is 0 Å². The Labute approximate surface area is 147 Å². The number of hydrogen-bond acceptors (Lipinski definition) is 4. The minimum Gasteiger partial charge on any atom is -0.258 e. The minimum atomic E-state index is -0.414. The Balaban J connectivity index is 1.98. The largest absolute Gasteiger partial charge is 0.270 e. The van der Waals surface area contributed by atoms with Gasteiger partial charge >= 0.3 is 0 Å². The maximum Gasteiger partial charge on any atom is 0.270 e. The highest BCUT2D eigenvalue weighted by Crippen LogP contribution is 2.36. The first-order valence-electron chi connectivity index (χ1n) is 7.89. The van der Waals surface area contributed by atoms with E-state index in [1.54, 1.807) is 24.3 Å². The van der Waals surface area contributed by atoms with Gasteiger partial charge in [-0.05, 0) is 44.8 Å². The van der Waals surface area contributed by atoms with Crippen LogP contribution in [0.5, 0.6) is 0 Å². The maximum absolute atomic E-state index is 11.0. The Bertz CT molecular complexity index is 1110. The molecule has 0 atom stereocenters. The quantitative estimate of drug-likeness (QED) is 0.364. The van der Waals surface area contributed by atoms with Crippen LogP contribution in [0.2, 0.25) is 0 Å². The van der Waals surface area contributed by atoms with Crippen molar-refractivity contribution in [2.24, 2.45) is 0 Å². The van der Waals surface area contributed by atoms with Crippen LogP contribution < -0.4 is 0 Å². The first-order valence-corrected chi connectivity index (χ1v) is 7.89. The number of non-ortho nitro benzene ring substituents is 2. The molecule has 4 aromatic rings. The van der Waals surface area contributed by atoms with Crippen LogP contribution >= 0.6 is 0 Å². The van der Waals surface area contributed by atoms with Crippen LogP contribution in [-0.4, -0.2) is 9.85 Å². The third-order valence-corrected chi connectivity index (χ3v) is 4.44. The van der Waals surface area contributed by atoms with Crippen molar-refractivity contribution in [1.29, 1.82) is 0 Å². The van der Waals surface area contributed by atoms with E-state index in [9.17, 15) is 20.2 Å². The van der Waals surface area contributed by atoms with E-state index in [1.807, 2.05) is 36.4 Å². The van der Waals surface area contributed by atoms with E-state index in [2.05, 4.69) is 0 Å². The van der Waals surface area contributed by atoms with Gasteiger partial charge in [0.15, 0.2) is 0 Å². The standard InChI is InChI=1S/C20H12N2O4/c23-21(24)15-7-9-17-13(11-15)3-1-5-19(17)20-6-2-4-14-12-16(22(25)26)8-10-18(14)20/h1-12H. The van der Waals surface area contributed by atoms with Crippen molar-refractivity contribution in [2.75, 3.05) is 0 Å². The highest BCUT2D eigenvalue weighted by molar-refractivity contribution is 6.06. The molecular weight excluding hydrogens is 332 g/mol. The summed E-state index contributed by atoms with van der Waals surface area (Å²) in [6.45, 7) is 0. The zero-order valence-electron chi connectivity index (χ0n) is 13.5. The second-order valence-corrected chi connectivity index (χ2v) is 5.94. The summed E-state index contributed by atoms with van der Waals surface area (Å²) < 4.78 is 0. The molecule has 0 unspecified atom stereocenters. The summed E-state index contributed by atoms with van der Waals surface area (Å²) >= 11 is 0. The lowest BCUT2D eigenvalue weighted by molar-refractivity contribution is -0.384. The number of nitro groups is 2. The van der Waals surface area contributed by atoms with Gasteiger partial charge in [-0.25, -0.2) is 0 Å². The van der Waals surface area contributed by atoms with Crippen molar-refractivity contribution in [3.8, 4) is 11.1 Å². The van der Waals surface area contributed by atoms with E-state index in [0.717, 1.165) is 32.7 Å². The number of fused-ring (bicyclic) bond motifs is 2. The second kappa shape index (κ2) is 5.93. The van der Waals surface area contributed by atoms with Crippen LogP contribution in [0.3, 0.4) is 0 Å². The molecule has 4 aromatic carbocycles. The van der Waals surface area contributed by atoms with E-state index in [-0.39, 0.29) is 11.4 Å². The van der Waals surface area contributed by atoms with E-state index in [4.69, 9.17) is 0 Å². The SMILES string of the molecule is O=[N+]([O-])c1ccc2c(-c3cccc4cc([N+](=O)[O-])ccc34)cccc2c1. The molecule has 0 aliphatic heterocycles. The molecule has 6 nitrogen and oxygen atoms in total. The Hall–Kier alpha value is -3.80. The molecule has 6 heteroatoms. The van der Waals surface area contributed by atoms with Crippen LogP contribution in [0.25, 0.3) is 32.7 Å². The minimum absolute atomic E-state index is 0.0446. The Kier molecular flexibility index (Phi) is 3.58. The van der Waals surface area contributed by atoms with Gasteiger partial charge in [0.2, 0.25) is 0 Å². The highest BCUT2D eigenvalue weighted by atomic mass is 16.6.